The van der Waals surface area contributed by atoms with E-state index < -0.39 is 6.67 Å². The maximum absolute atomic E-state index is 11.9. The molecule has 1 saturated heterocycles. The van der Waals surface area contributed by atoms with Crippen LogP contribution < -0.4 is 10.6 Å². The third-order valence-electron chi connectivity index (χ3n) is 3.42. The van der Waals surface area contributed by atoms with Crippen molar-refractivity contribution in [3.8, 4) is 0 Å². The average molecular weight is 200 g/mol. The van der Waals surface area contributed by atoms with Gasteiger partial charge in [0.15, 0.2) is 0 Å². The molecule has 3 unspecified atom stereocenters. The highest BCUT2D eigenvalue weighted by molar-refractivity contribution is 5.82. The highest BCUT2D eigenvalue weighted by Gasteiger charge is 2.42. The van der Waals surface area contributed by atoms with Gasteiger partial charge in [0.05, 0.1) is 6.04 Å². The summed E-state index contributed by atoms with van der Waals surface area (Å²) in [6.45, 7) is 0.624. The fourth-order valence-corrected chi connectivity index (χ4v) is 2.76. The molecular formula is C10H17FN2O. The molecule has 0 spiro atoms. The molecule has 1 aliphatic carbocycles. The van der Waals surface area contributed by atoms with E-state index in [1.165, 1.54) is 12.8 Å². The van der Waals surface area contributed by atoms with E-state index in [0.29, 0.717) is 11.8 Å². The van der Waals surface area contributed by atoms with E-state index >= 15 is 0 Å². The Labute approximate surface area is 83.4 Å². The van der Waals surface area contributed by atoms with Gasteiger partial charge in [-0.3, -0.25) is 4.79 Å². The molecule has 80 valence electrons. The van der Waals surface area contributed by atoms with E-state index in [-0.39, 0.29) is 18.5 Å². The van der Waals surface area contributed by atoms with E-state index in [1.807, 2.05) is 0 Å². The number of rotatable bonds is 3. The van der Waals surface area contributed by atoms with Crippen molar-refractivity contribution in [2.45, 2.75) is 25.3 Å². The molecule has 1 amide bonds. The second-order valence-electron chi connectivity index (χ2n) is 4.22. The van der Waals surface area contributed by atoms with Crippen molar-refractivity contribution in [2.24, 2.45) is 11.8 Å². The van der Waals surface area contributed by atoms with Crippen LogP contribution in [0.2, 0.25) is 0 Å². The summed E-state index contributed by atoms with van der Waals surface area (Å²) in [6.07, 6.45) is 3.62. The van der Waals surface area contributed by atoms with Crippen LogP contribution in [0.25, 0.3) is 0 Å². The Morgan fingerprint density at radius 2 is 2.36 bits per heavy atom. The van der Waals surface area contributed by atoms with Gasteiger partial charge in [-0.15, -0.1) is 0 Å². The monoisotopic (exact) mass is 200 g/mol. The van der Waals surface area contributed by atoms with E-state index in [9.17, 15) is 9.18 Å². The topological polar surface area (TPSA) is 41.1 Å². The summed E-state index contributed by atoms with van der Waals surface area (Å²) < 4.78 is 11.9. The van der Waals surface area contributed by atoms with Crippen LogP contribution in [0, 0.1) is 11.8 Å². The van der Waals surface area contributed by atoms with Gasteiger partial charge in [-0.2, -0.15) is 0 Å². The summed E-state index contributed by atoms with van der Waals surface area (Å²) >= 11 is 0. The quantitative estimate of drug-likeness (QED) is 0.695. The third-order valence-corrected chi connectivity index (χ3v) is 3.42. The maximum atomic E-state index is 11.9. The smallest absolute Gasteiger partial charge is 0.237 e. The number of amides is 1. The Balaban J connectivity index is 1.88. The summed E-state index contributed by atoms with van der Waals surface area (Å²) in [5.74, 6) is 1.16. The van der Waals surface area contributed by atoms with Crippen LogP contribution >= 0.6 is 0 Å². The normalized spacial score (nSPS) is 35.6. The van der Waals surface area contributed by atoms with E-state index in [2.05, 4.69) is 10.6 Å². The molecule has 3 atom stereocenters. The molecule has 0 aromatic heterocycles. The first-order valence-electron chi connectivity index (χ1n) is 5.40. The number of hydrogen-bond acceptors (Lipinski definition) is 2. The standard InChI is InChI=1S/C10H17FN2O/c11-4-5-12-10(14)9-8-3-1-2-7(8)6-13-9/h7-9,13H,1-6H2,(H,12,14). The molecule has 4 heteroatoms. The van der Waals surface area contributed by atoms with Gasteiger partial charge in [0.25, 0.3) is 0 Å². The van der Waals surface area contributed by atoms with Crippen LogP contribution in [0.4, 0.5) is 4.39 Å². The first-order chi connectivity index (χ1) is 6.83. The van der Waals surface area contributed by atoms with Gasteiger partial charge in [-0.1, -0.05) is 6.42 Å². The Hall–Kier alpha value is -0.640. The number of carbonyl (C=O) groups excluding carboxylic acids is 1. The van der Waals surface area contributed by atoms with Crippen LogP contribution in [-0.4, -0.2) is 31.7 Å². The zero-order chi connectivity index (χ0) is 9.97. The molecule has 1 heterocycles. The predicted octanol–water partition coefficient (Wildman–Crippen LogP) is 0.460. The molecule has 2 fully saturated rings. The predicted molar refractivity (Wildman–Crippen MR) is 51.6 cm³/mol. The van der Waals surface area contributed by atoms with Gasteiger partial charge < -0.3 is 10.6 Å². The van der Waals surface area contributed by atoms with E-state index in [4.69, 9.17) is 0 Å². The molecule has 14 heavy (non-hydrogen) atoms. The molecule has 2 rings (SSSR count). The van der Waals surface area contributed by atoms with Gasteiger partial charge in [0.1, 0.15) is 6.67 Å². The molecule has 1 saturated carbocycles. The highest BCUT2D eigenvalue weighted by Crippen LogP contribution is 2.37. The molecule has 2 aliphatic rings. The van der Waals surface area contributed by atoms with Gasteiger partial charge in [0.2, 0.25) is 5.91 Å². The Morgan fingerprint density at radius 1 is 1.50 bits per heavy atom. The molecule has 3 nitrogen and oxygen atoms in total. The number of hydrogen-bond donors (Lipinski definition) is 2. The number of alkyl halides is 1. The highest BCUT2D eigenvalue weighted by atomic mass is 19.1. The van der Waals surface area contributed by atoms with Crippen molar-refractivity contribution >= 4 is 5.91 Å². The van der Waals surface area contributed by atoms with Crippen LogP contribution in [0.3, 0.4) is 0 Å². The van der Waals surface area contributed by atoms with Crippen LogP contribution in [-0.2, 0) is 4.79 Å². The SMILES string of the molecule is O=C(NCCF)C1NCC2CCCC21. The van der Waals surface area contributed by atoms with Gasteiger partial charge >= 0.3 is 0 Å². The first-order valence-corrected chi connectivity index (χ1v) is 5.40. The Kier molecular flexibility index (Phi) is 3.01. The van der Waals surface area contributed by atoms with Crippen molar-refractivity contribution < 1.29 is 9.18 Å². The third kappa shape index (κ3) is 1.75. The van der Waals surface area contributed by atoms with Gasteiger partial charge in [-0.05, 0) is 31.2 Å². The van der Waals surface area contributed by atoms with Gasteiger partial charge in [-0.25, -0.2) is 4.39 Å². The minimum Gasteiger partial charge on any atom is -0.352 e. The zero-order valence-corrected chi connectivity index (χ0v) is 8.26. The lowest BCUT2D eigenvalue weighted by atomic mass is 9.94. The molecule has 1 aliphatic heterocycles. The van der Waals surface area contributed by atoms with Crippen LogP contribution in [0.5, 0.6) is 0 Å². The summed E-state index contributed by atoms with van der Waals surface area (Å²) in [7, 11) is 0. The maximum Gasteiger partial charge on any atom is 0.237 e. The number of fused-ring (bicyclic) bond motifs is 1. The summed E-state index contributed by atoms with van der Waals surface area (Å²) in [4.78, 5) is 11.6. The summed E-state index contributed by atoms with van der Waals surface area (Å²) in [6, 6.07) is -0.0611. The fourth-order valence-electron chi connectivity index (χ4n) is 2.76. The molecule has 0 aromatic carbocycles. The largest absolute Gasteiger partial charge is 0.352 e. The lowest BCUT2D eigenvalue weighted by Crippen LogP contribution is -2.44. The van der Waals surface area contributed by atoms with E-state index in [1.54, 1.807) is 0 Å². The Bertz CT molecular complexity index is 222. The van der Waals surface area contributed by atoms with Gasteiger partial charge in [0, 0.05) is 6.54 Å². The minimum absolute atomic E-state index is 0.0166. The average Bonchev–Trinajstić information content (AvgIpc) is 2.74. The zero-order valence-electron chi connectivity index (χ0n) is 8.26. The minimum atomic E-state index is -0.480. The number of halogens is 1. The van der Waals surface area contributed by atoms with Crippen LogP contribution in [0.1, 0.15) is 19.3 Å². The van der Waals surface area contributed by atoms with Crippen LogP contribution in [0.15, 0.2) is 0 Å². The van der Waals surface area contributed by atoms with Crippen molar-refractivity contribution in [2.75, 3.05) is 19.8 Å². The lowest BCUT2D eigenvalue weighted by Gasteiger charge is -2.17. The summed E-state index contributed by atoms with van der Waals surface area (Å²) in [5, 5.41) is 5.84. The molecule has 0 bridgehead atoms. The second-order valence-corrected chi connectivity index (χ2v) is 4.22. The van der Waals surface area contributed by atoms with Crippen molar-refractivity contribution in [3.05, 3.63) is 0 Å². The van der Waals surface area contributed by atoms with E-state index in [0.717, 1.165) is 13.0 Å². The lowest BCUT2D eigenvalue weighted by molar-refractivity contribution is -0.123. The Morgan fingerprint density at radius 3 is 3.14 bits per heavy atom. The first kappa shape index (κ1) is 9.90. The van der Waals surface area contributed by atoms with Crippen molar-refractivity contribution in [1.29, 1.82) is 0 Å². The second kappa shape index (κ2) is 4.26. The fraction of sp³-hybridized carbons (Fsp3) is 0.900. The number of carbonyl (C=O) groups is 1. The number of nitrogens with one attached hydrogen (secondary N) is 2. The molecule has 0 aromatic rings. The molecule has 2 N–H and O–H groups in total. The molecule has 0 radical (unpaired) electrons. The molecular weight excluding hydrogens is 183 g/mol. The van der Waals surface area contributed by atoms with Crippen molar-refractivity contribution in [1.82, 2.24) is 10.6 Å². The summed E-state index contributed by atoms with van der Waals surface area (Å²) in [5.41, 5.74) is 0. The van der Waals surface area contributed by atoms with Crippen molar-refractivity contribution in [3.63, 3.8) is 0 Å².